The van der Waals surface area contributed by atoms with Crippen molar-refractivity contribution in [2.75, 3.05) is 0 Å². The van der Waals surface area contributed by atoms with E-state index in [2.05, 4.69) is 4.98 Å². The Morgan fingerprint density at radius 3 is 2.62 bits per heavy atom. The van der Waals surface area contributed by atoms with Gasteiger partial charge in [0.05, 0.1) is 11.3 Å². The van der Waals surface area contributed by atoms with Crippen LogP contribution in [0.1, 0.15) is 30.5 Å². The summed E-state index contributed by atoms with van der Waals surface area (Å²) >= 11 is 0. The summed E-state index contributed by atoms with van der Waals surface area (Å²) in [5, 5.41) is 0. The highest BCUT2D eigenvalue weighted by atomic mass is 19.4. The normalized spacial score (nSPS) is 18.5. The second-order valence-corrected chi connectivity index (χ2v) is 4.36. The van der Waals surface area contributed by atoms with Crippen LogP contribution in [0, 0.1) is 0 Å². The van der Waals surface area contributed by atoms with Crippen LogP contribution in [0.4, 0.5) is 13.2 Å². The van der Waals surface area contributed by atoms with Crippen molar-refractivity contribution in [2.45, 2.75) is 37.4 Å². The summed E-state index contributed by atoms with van der Waals surface area (Å²) in [5.41, 5.74) is 5.07. The number of aryl methyl sites for hydroxylation is 1. The van der Waals surface area contributed by atoms with E-state index in [1.807, 2.05) is 0 Å². The number of halogens is 3. The lowest BCUT2D eigenvalue weighted by atomic mass is 10.0. The standard InChI is InChI=1S/C11H13F3N2/c12-11(13,14)8-2-1-7-16-9(8)3-4-10(15)5-6-10/h1-2,7H,3-6,15H2. The lowest BCUT2D eigenvalue weighted by Gasteiger charge is -2.13. The minimum absolute atomic E-state index is 0.103. The molecule has 0 amide bonds. The highest BCUT2D eigenvalue weighted by molar-refractivity contribution is 5.23. The Morgan fingerprint density at radius 2 is 2.06 bits per heavy atom. The van der Waals surface area contributed by atoms with Crippen molar-refractivity contribution in [3.8, 4) is 0 Å². The maximum Gasteiger partial charge on any atom is 0.418 e. The fourth-order valence-electron chi connectivity index (χ4n) is 1.67. The predicted molar refractivity (Wildman–Crippen MR) is 53.7 cm³/mol. The molecule has 5 heteroatoms. The molecule has 2 rings (SSSR count). The van der Waals surface area contributed by atoms with Crippen molar-refractivity contribution in [3.05, 3.63) is 29.6 Å². The monoisotopic (exact) mass is 230 g/mol. The fourth-order valence-corrected chi connectivity index (χ4v) is 1.67. The zero-order valence-electron chi connectivity index (χ0n) is 8.72. The first-order valence-electron chi connectivity index (χ1n) is 5.21. The number of hydrogen-bond donors (Lipinski definition) is 1. The van der Waals surface area contributed by atoms with Gasteiger partial charge < -0.3 is 5.73 Å². The maximum absolute atomic E-state index is 12.6. The van der Waals surface area contributed by atoms with Crippen molar-refractivity contribution < 1.29 is 13.2 Å². The van der Waals surface area contributed by atoms with Crippen molar-refractivity contribution in [1.29, 1.82) is 0 Å². The topological polar surface area (TPSA) is 38.9 Å². The molecule has 88 valence electrons. The van der Waals surface area contributed by atoms with Gasteiger partial charge >= 0.3 is 6.18 Å². The van der Waals surface area contributed by atoms with Crippen LogP contribution >= 0.6 is 0 Å². The molecule has 1 aromatic heterocycles. The molecule has 0 aromatic carbocycles. The number of alkyl halides is 3. The second-order valence-electron chi connectivity index (χ2n) is 4.36. The van der Waals surface area contributed by atoms with Crippen molar-refractivity contribution in [1.82, 2.24) is 4.98 Å². The maximum atomic E-state index is 12.6. The molecular formula is C11H13F3N2. The first-order chi connectivity index (χ1) is 7.41. The van der Waals surface area contributed by atoms with Gasteiger partial charge in [0, 0.05) is 11.7 Å². The first-order valence-corrected chi connectivity index (χ1v) is 5.21. The van der Waals surface area contributed by atoms with Gasteiger partial charge in [-0.05, 0) is 37.8 Å². The molecule has 2 nitrogen and oxygen atoms in total. The van der Waals surface area contributed by atoms with Crippen LogP contribution in [0.3, 0.4) is 0 Å². The first kappa shape index (κ1) is 11.4. The molecule has 0 radical (unpaired) electrons. The SMILES string of the molecule is NC1(CCc2ncccc2C(F)(F)F)CC1. The van der Waals surface area contributed by atoms with Crippen molar-refractivity contribution in [3.63, 3.8) is 0 Å². The van der Waals surface area contributed by atoms with Crippen molar-refractivity contribution in [2.24, 2.45) is 5.73 Å². The highest BCUT2D eigenvalue weighted by Crippen LogP contribution is 2.38. The molecule has 0 bridgehead atoms. The van der Waals surface area contributed by atoms with E-state index in [1.165, 1.54) is 12.3 Å². The van der Waals surface area contributed by atoms with Gasteiger partial charge in [-0.1, -0.05) is 0 Å². The van der Waals surface area contributed by atoms with E-state index in [1.54, 1.807) is 0 Å². The van der Waals surface area contributed by atoms with Crippen LogP contribution in [0.5, 0.6) is 0 Å². The molecule has 0 aliphatic heterocycles. The number of hydrogen-bond acceptors (Lipinski definition) is 2. The van der Waals surface area contributed by atoms with Gasteiger partial charge in [-0.2, -0.15) is 13.2 Å². The van der Waals surface area contributed by atoms with E-state index in [0.29, 0.717) is 12.8 Å². The Bertz CT molecular complexity index is 383. The molecule has 1 heterocycles. The van der Waals surface area contributed by atoms with Crippen molar-refractivity contribution >= 4 is 0 Å². The highest BCUT2D eigenvalue weighted by Gasteiger charge is 2.39. The van der Waals surface area contributed by atoms with Crippen LogP contribution in [0.2, 0.25) is 0 Å². The molecule has 2 N–H and O–H groups in total. The van der Waals surface area contributed by atoms with Gasteiger partial charge in [0.1, 0.15) is 0 Å². The lowest BCUT2D eigenvalue weighted by molar-refractivity contribution is -0.138. The quantitative estimate of drug-likeness (QED) is 0.866. The Labute approximate surface area is 91.7 Å². The third kappa shape index (κ3) is 2.52. The van der Waals surface area contributed by atoms with Crippen LogP contribution in [-0.2, 0) is 12.6 Å². The summed E-state index contributed by atoms with van der Waals surface area (Å²) in [7, 11) is 0. The van der Waals surface area contributed by atoms with Gasteiger partial charge in [0.2, 0.25) is 0 Å². The summed E-state index contributed by atoms with van der Waals surface area (Å²) in [6.45, 7) is 0. The molecule has 0 saturated heterocycles. The van der Waals surface area contributed by atoms with Crippen LogP contribution < -0.4 is 5.73 Å². The van der Waals surface area contributed by atoms with E-state index in [4.69, 9.17) is 5.73 Å². The predicted octanol–water partition coefficient (Wildman–Crippen LogP) is 2.52. The summed E-state index contributed by atoms with van der Waals surface area (Å²) in [6.07, 6.45) is -0.253. The molecule has 16 heavy (non-hydrogen) atoms. The molecule has 1 saturated carbocycles. The third-order valence-electron chi connectivity index (χ3n) is 2.95. The lowest BCUT2D eigenvalue weighted by Crippen LogP contribution is -2.23. The Kier molecular flexibility index (Phi) is 2.66. The number of rotatable bonds is 3. The number of nitrogens with two attached hydrogens (primary N) is 1. The largest absolute Gasteiger partial charge is 0.418 e. The van der Waals surface area contributed by atoms with Crippen LogP contribution in [0.25, 0.3) is 0 Å². The Morgan fingerprint density at radius 1 is 1.38 bits per heavy atom. The minimum Gasteiger partial charge on any atom is -0.325 e. The molecule has 1 aromatic rings. The van der Waals surface area contributed by atoms with Gasteiger partial charge in [-0.3, -0.25) is 4.98 Å². The summed E-state index contributed by atoms with van der Waals surface area (Å²) in [4.78, 5) is 3.80. The van der Waals surface area contributed by atoms with E-state index >= 15 is 0 Å². The van der Waals surface area contributed by atoms with Gasteiger partial charge in [-0.15, -0.1) is 0 Å². The van der Waals surface area contributed by atoms with Gasteiger partial charge in [-0.25, -0.2) is 0 Å². The number of nitrogens with zero attached hydrogens (tertiary/aromatic N) is 1. The Balaban J connectivity index is 2.13. The van der Waals surface area contributed by atoms with Crippen LogP contribution in [0.15, 0.2) is 18.3 Å². The zero-order chi connectivity index (χ0) is 11.8. The van der Waals surface area contributed by atoms with Crippen LogP contribution in [-0.4, -0.2) is 10.5 Å². The molecule has 0 unspecified atom stereocenters. The summed E-state index contributed by atoms with van der Waals surface area (Å²) in [6, 6.07) is 2.38. The second kappa shape index (κ2) is 3.73. The third-order valence-corrected chi connectivity index (χ3v) is 2.95. The average molecular weight is 230 g/mol. The molecule has 1 fully saturated rings. The smallest absolute Gasteiger partial charge is 0.325 e. The average Bonchev–Trinajstić information content (AvgIpc) is 2.94. The minimum atomic E-state index is -4.32. The molecule has 1 aliphatic rings. The molecule has 1 aliphatic carbocycles. The molecule has 0 spiro atoms. The van der Waals surface area contributed by atoms with E-state index in [9.17, 15) is 13.2 Å². The van der Waals surface area contributed by atoms with Gasteiger partial charge in [0.15, 0.2) is 0 Å². The van der Waals surface area contributed by atoms with E-state index in [0.717, 1.165) is 18.9 Å². The zero-order valence-corrected chi connectivity index (χ0v) is 8.72. The molecular weight excluding hydrogens is 217 g/mol. The summed E-state index contributed by atoms with van der Waals surface area (Å²) in [5.74, 6) is 0. The number of aromatic nitrogens is 1. The van der Waals surface area contributed by atoms with E-state index in [-0.39, 0.29) is 11.2 Å². The fraction of sp³-hybridized carbons (Fsp3) is 0.545. The van der Waals surface area contributed by atoms with Gasteiger partial charge in [0.25, 0.3) is 0 Å². The number of pyridine rings is 1. The summed E-state index contributed by atoms with van der Waals surface area (Å²) < 4.78 is 37.8. The molecule has 0 atom stereocenters. The van der Waals surface area contributed by atoms with E-state index < -0.39 is 11.7 Å². The Hall–Kier alpha value is -1.10.